The molecule has 3 rings (SSSR count). The van der Waals surface area contributed by atoms with Gasteiger partial charge in [0.1, 0.15) is 11.9 Å². The van der Waals surface area contributed by atoms with Crippen molar-refractivity contribution in [2.45, 2.75) is 6.17 Å². The number of aryl methyl sites for hydroxylation is 1. The van der Waals surface area contributed by atoms with E-state index in [0.717, 1.165) is 17.2 Å². The van der Waals surface area contributed by atoms with Crippen LogP contribution in [0.2, 0.25) is 0 Å². The SMILES string of the molecule is CN1C=CNC1c1cccc(-c2nccn2C)n1. The molecular formula is C13H15N5. The lowest BCUT2D eigenvalue weighted by molar-refractivity contribution is 0.333. The number of rotatable bonds is 2. The fraction of sp³-hybridized carbons (Fsp3) is 0.231. The molecule has 1 unspecified atom stereocenters. The maximum atomic E-state index is 4.68. The van der Waals surface area contributed by atoms with Crippen LogP contribution in [0.1, 0.15) is 11.9 Å². The van der Waals surface area contributed by atoms with Crippen LogP contribution in [0.15, 0.2) is 43.0 Å². The lowest BCUT2D eigenvalue weighted by Crippen LogP contribution is -2.24. The summed E-state index contributed by atoms with van der Waals surface area (Å²) in [5.41, 5.74) is 1.88. The Hall–Kier alpha value is -2.30. The van der Waals surface area contributed by atoms with Gasteiger partial charge in [-0.2, -0.15) is 0 Å². The molecule has 5 nitrogen and oxygen atoms in total. The van der Waals surface area contributed by atoms with Gasteiger partial charge in [-0.05, 0) is 12.1 Å². The molecule has 1 aliphatic heterocycles. The zero-order valence-corrected chi connectivity index (χ0v) is 10.4. The monoisotopic (exact) mass is 241 g/mol. The Labute approximate surface area is 106 Å². The molecule has 2 aromatic rings. The Balaban J connectivity index is 1.97. The number of hydrogen-bond acceptors (Lipinski definition) is 4. The summed E-state index contributed by atoms with van der Waals surface area (Å²) in [5, 5.41) is 3.27. The topological polar surface area (TPSA) is 46.0 Å². The molecule has 0 bridgehead atoms. The summed E-state index contributed by atoms with van der Waals surface area (Å²) >= 11 is 0. The van der Waals surface area contributed by atoms with E-state index in [9.17, 15) is 0 Å². The first-order valence-electron chi connectivity index (χ1n) is 5.85. The molecule has 92 valence electrons. The maximum Gasteiger partial charge on any atom is 0.158 e. The predicted molar refractivity (Wildman–Crippen MR) is 69.2 cm³/mol. The summed E-state index contributed by atoms with van der Waals surface area (Å²) in [5.74, 6) is 0.880. The smallest absolute Gasteiger partial charge is 0.158 e. The Morgan fingerprint density at radius 1 is 1.28 bits per heavy atom. The molecule has 5 heteroatoms. The highest BCUT2D eigenvalue weighted by Crippen LogP contribution is 2.21. The van der Waals surface area contributed by atoms with Gasteiger partial charge in [-0.1, -0.05) is 6.07 Å². The fourth-order valence-corrected chi connectivity index (χ4v) is 2.09. The van der Waals surface area contributed by atoms with Crippen LogP contribution in [-0.4, -0.2) is 26.5 Å². The molecule has 1 atom stereocenters. The summed E-state index contributed by atoms with van der Waals surface area (Å²) in [6.45, 7) is 0. The Morgan fingerprint density at radius 3 is 2.83 bits per heavy atom. The van der Waals surface area contributed by atoms with Crippen molar-refractivity contribution in [3.63, 3.8) is 0 Å². The second-order valence-corrected chi connectivity index (χ2v) is 4.36. The van der Waals surface area contributed by atoms with Crippen molar-refractivity contribution in [2.75, 3.05) is 7.05 Å². The fourth-order valence-electron chi connectivity index (χ4n) is 2.09. The van der Waals surface area contributed by atoms with E-state index in [2.05, 4.69) is 20.2 Å². The van der Waals surface area contributed by atoms with Crippen molar-refractivity contribution in [3.05, 3.63) is 48.7 Å². The highest BCUT2D eigenvalue weighted by molar-refractivity contribution is 5.50. The van der Waals surface area contributed by atoms with Crippen LogP contribution in [0, 0.1) is 0 Å². The van der Waals surface area contributed by atoms with Crippen LogP contribution < -0.4 is 5.32 Å². The van der Waals surface area contributed by atoms with Crippen LogP contribution in [0.3, 0.4) is 0 Å². The minimum atomic E-state index is 0.102. The van der Waals surface area contributed by atoms with Crippen molar-refractivity contribution in [1.82, 2.24) is 24.8 Å². The lowest BCUT2D eigenvalue weighted by atomic mass is 10.2. The summed E-state index contributed by atoms with van der Waals surface area (Å²) in [6.07, 6.45) is 7.74. The van der Waals surface area contributed by atoms with Gasteiger partial charge >= 0.3 is 0 Å². The minimum absolute atomic E-state index is 0.102. The van der Waals surface area contributed by atoms with Gasteiger partial charge < -0.3 is 14.8 Å². The number of nitrogens with zero attached hydrogens (tertiary/aromatic N) is 4. The quantitative estimate of drug-likeness (QED) is 0.865. The molecule has 0 fully saturated rings. The van der Waals surface area contributed by atoms with E-state index in [1.165, 1.54) is 0 Å². The van der Waals surface area contributed by atoms with E-state index in [1.807, 2.05) is 55.5 Å². The van der Waals surface area contributed by atoms with Gasteiger partial charge in [0.15, 0.2) is 5.82 Å². The summed E-state index contributed by atoms with van der Waals surface area (Å²) in [4.78, 5) is 11.1. The first-order chi connectivity index (χ1) is 8.75. The molecule has 18 heavy (non-hydrogen) atoms. The minimum Gasteiger partial charge on any atom is -0.365 e. The first kappa shape index (κ1) is 10.8. The van der Waals surface area contributed by atoms with Crippen LogP contribution >= 0.6 is 0 Å². The van der Waals surface area contributed by atoms with Gasteiger partial charge in [0.25, 0.3) is 0 Å². The molecule has 3 heterocycles. The second kappa shape index (κ2) is 4.18. The molecule has 0 saturated carbocycles. The number of hydrogen-bond donors (Lipinski definition) is 1. The molecule has 2 aromatic heterocycles. The van der Waals surface area contributed by atoms with Crippen LogP contribution in [0.5, 0.6) is 0 Å². The summed E-state index contributed by atoms with van der Waals surface area (Å²) < 4.78 is 1.97. The van der Waals surface area contributed by atoms with Crippen LogP contribution in [-0.2, 0) is 7.05 Å². The molecule has 0 spiro atoms. The third-order valence-corrected chi connectivity index (χ3v) is 3.07. The third kappa shape index (κ3) is 1.73. The van der Waals surface area contributed by atoms with E-state index >= 15 is 0 Å². The van der Waals surface area contributed by atoms with E-state index in [-0.39, 0.29) is 6.17 Å². The van der Waals surface area contributed by atoms with Crippen molar-refractivity contribution in [2.24, 2.45) is 7.05 Å². The van der Waals surface area contributed by atoms with Crippen molar-refractivity contribution in [3.8, 4) is 11.5 Å². The summed E-state index contributed by atoms with van der Waals surface area (Å²) in [6, 6.07) is 6.02. The van der Waals surface area contributed by atoms with Gasteiger partial charge in [-0.15, -0.1) is 0 Å². The standard InChI is InChI=1S/C13H15N5/c1-17-8-6-14-12(17)10-4-3-5-11(16-10)13-15-7-9-18(13)2/h3-9,12,14H,1-2H3. The molecule has 0 aliphatic carbocycles. The Bertz CT molecular complexity index is 587. The zero-order chi connectivity index (χ0) is 12.5. The van der Waals surface area contributed by atoms with Crippen LogP contribution in [0.4, 0.5) is 0 Å². The van der Waals surface area contributed by atoms with E-state index in [0.29, 0.717) is 0 Å². The van der Waals surface area contributed by atoms with Gasteiger partial charge in [-0.3, -0.25) is 0 Å². The van der Waals surface area contributed by atoms with Crippen molar-refractivity contribution < 1.29 is 0 Å². The van der Waals surface area contributed by atoms with Gasteiger partial charge in [-0.25, -0.2) is 9.97 Å². The molecule has 1 aliphatic rings. The summed E-state index contributed by atoms with van der Waals surface area (Å²) in [7, 11) is 3.99. The molecule has 0 amide bonds. The van der Waals surface area contributed by atoms with Gasteiger partial charge in [0, 0.05) is 38.9 Å². The zero-order valence-electron chi connectivity index (χ0n) is 10.4. The highest BCUT2D eigenvalue weighted by atomic mass is 15.3. The molecular weight excluding hydrogens is 226 g/mol. The molecule has 0 aromatic carbocycles. The number of imidazole rings is 1. The van der Waals surface area contributed by atoms with Crippen LogP contribution in [0.25, 0.3) is 11.5 Å². The van der Waals surface area contributed by atoms with Gasteiger partial charge in [0.05, 0.1) is 5.69 Å². The number of nitrogens with one attached hydrogen (secondary N) is 1. The Morgan fingerprint density at radius 2 is 2.17 bits per heavy atom. The number of aromatic nitrogens is 3. The maximum absolute atomic E-state index is 4.68. The highest BCUT2D eigenvalue weighted by Gasteiger charge is 2.19. The molecule has 0 saturated heterocycles. The van der Waals surface area contributed by atoms with Crippen molar-refractivity contribution in [1.29, 1.82) is 0 Å². The Kier molecular flexibility index (Phi) is 2.51. The number of pyridine rings is 1. The lowest BCUT2D eigenvalue weighted by Gasteiger charge is -2.20. The average molecular weight is 241 g/mol. The largest absolute Gasteiger partial charge is 0.365 e. The normalized spacial score (nSPS) is 18.1. The van der Waals surface area contributed by atoms with Crippen molar-refractivity contribution >= 4 is 0 Å². The first-order valence-corrected chi connectivity index (χ1v) is 5.85. The predicted octanol–water partition coefficient (Wildman–Crippen LogP) is 1.49. The average Bonchev–Trinajstić information content (AvgIpc) is 2.98. The van der Waals surface area contributed by atoms with Gasteiger partial charge in [0.2, 0.25) is 0 Å². The van der Waals surface area contributed by atoms with E-state index in [1.54, 1.807) is 6.20 Å². The van der Waals surface area contributed by atoms with E-state index < -0.39 is 0 Å². The molecule has 0 radical (unpaired) electrons. The van der Waals surface area contributed by atoms with E-state index in [4.69, 9.17) is 0 Å². The second-order valence-electron chi connectivity index (χ2n) is 4.36. The molecule has 1 N–H and O–H groups in total. The third-order valence-electron chi connectivity index (χ3n) is 3.07.